The van der Waals surface area contributed by atoms with Crippen molar-refractivity contribution in [2.75, 3.05) is 26.2 Å². The van der Waals surface area contributed by atoms with E-state index in [9.17, 15) is 14.4 Å². The first-order valence-corrected chi connectivity index (χ1v) is 9.75. The number of piperidine rings is 1. The molecule has 0 saturated carbocycles. The van der Waals surface area contributed by atoms with Crippen LogP contribution in [0.1, 0.15) is 43.0 Å². The van der Waals surface area contributed by atoms with Crippen molar-refractivity contribution < 1.29 is 9.59 Å². The number of carbonyl (C=O) groups is 2. The highest BCUT2D eigenvalue weighted by Gasteiger charge is 2.49. The number of hydrogen-bond donors (Lipinski definition) is 1. The van der Waals surface area contributed by atoms with E-state index >= 15 is 0 Å². The Morgan fingerprint density at radius 3 is 2.70 bits per heavy atom. The van der Waals surface area contributed by atoms with Crippen LogP contribution >= 0.6 is 0 Å². The zero-order valence-electron chi connectivity index (χ0n) is 15.7. The Hall–Kier alpha value is -2.63. The average Bonchev–Trinajstić information content (AvgIpc) is 3.11. The fourth-order valence-electron chi connectivity index (χ4n) is 4.62. The van der Waals surface area contributed by atoms with Crippen molar-refractivity contribution >= 4 is 22.6 Å². The fraction of sp³-hybridized carbons (Fsp3) is 0.476. The lowest BCUT2D eigenvalue weighted by atomic mass is 9.78. The average molecular weight is 367 g/mol. The SMILES string of the molecule is CCCN1CCCC2(CCN(C(=O)c3c[nH]c(=O)c4ccccc34)C2)C1=O. The number of aromatic amines is 1. The van der Waals surface area contributed by atoms with E-state index in [0.717, 1.165) is 38.8 Å². The molecule has 3 heterocycles. The number of rotatable bonds is 3. The third-order valence-electron chi connectivity index (χ3n) is 6.00. The summed E-state index contributed by atoms with van der Waals surface area (Å²) in [5.41, 5.74) is -0.130. The molecule has 2 saturated heterocycles. The molecular formula is C21H25N3O3. The molecule has 6 heteroatoms. The molecule has 1 atom stereocenters. The normalized spacial score (nSPS) is 22.8. The number of fused-ring (bicyclic) bond motifs is 1. The van der Waals surface area contributed by atoms with E-state index in [1.54, 1.807) is 23.1 Å². The van der Waals surface area contributed by atoms with E-state index < -0.39 is 5.41 Å². The van der Waals surface area contributed by atoms with Crippen molar-refractivity contribution in [3.05, 3.63) is 46.4 Å². The molecule has 2 aliphatic rings. The zero-order valence-corrected chi connectivity index (χ0v) is 15.7. The molecular weight excluding hydrogens is 342 g/mol. The molecule has 27 heavy (non-hydrogen) atoms. The molecule has 2 aromatic rings. The number of carbonyl (C=O) groups excluding carboxylic acids is 2. The van der Waals surface area contributed by atoms with Crippen LogP contribution < -0.4 is 5.56 Å². The molecule has 1 spiro atoms. The number of hydrogen-bond acceptors (Lipinski definition) is 3. The fourth-order valence-corrected chi connectivity index (χ4v) is 4.62. The van der Waals surface area contributed by atoms with Gasteiger partial charge in [-0.05, 0) is 31.7 Å². The van der Waals surface area contributed by atoms with Crippen LogP contribution in [-0.4, -0.2) is 52.8 Å². The van der Waals surface area contributed by atoms with Gasteiger partial charge in [-0.25, -0.2) is 0 Å². The predicted molar refractivity (Wildman–Crippen MR) is 104 cm³/mol. The maximum absolute atomic E-state index is 13.2. The van der Waals surface area contributed by atoms with E-state index in [1.807, 2.05) is 11.0 Å². The highest BCUT2D eigenvalue weighted by atomic mass is 16.2. The van der Waals surface area contributed by atoms with Crippen molar-refractivity contribution in [2.45, 2.75) is 32.6 Å². The Balaban J connectivity index is 1.61. The van der Waals surface area contributed by atoms with Crippen LogP contribution in [0.4, 0.5) is 0 Å². The first kappa shape index (κ1) is 17.8. The van der Waals surface area contributed by atoms with Crippen LogP contribution in [0.2, 0.25) is 0 Å². The number of pyridine rings is 1. The Labute approximate surface area is 158 Å². The molecule has 1 aromatic carbocycles. The second kappa shape index (κ2) is 6.83. The van der Waals surface area contributed by atoms with Gasteiger partial charge < -0.3 is 14.8 Å². The summed E-state index contributed by atoms with van der Waals surface area (Å²) >= 11 is 0. The number of likely N-dealkylation sites (tertiary alicyclic amines) is 2. The highest BCUT2D eigenvalue weighted by Crippen LogP contribution is 2.40. The van der Waals surface area contributed by atoms with Crippen LogP contribution in [0.3, 0.4) is 0 Å². The summed E-state index contributed by atoms with van der Waals surface area (Å²) in [6.45, 7) is 4.75. The minimum atomic E-state index is -0.429. The van der Waals surface area contributed by atoms with Gasteiger partial charge in [-0.2, -0.15) is 0 Å². The molecule has 2 aliphatic heterocycles. The van der Waals surface area contributed by atoms with Gasteiger partial charge in [0, 0.05) is 43.1 Å². The lowest BCUT2D eigenvalue weighted by molar-refractivity contribution is -0.145. The first-order valence-electron chi connectivity index (χ1n) is 9.75. The van der Waals surface area contributed by atoms with Gasteiger partial charge in [0.2, 0.25) is 5.91 Å². The minimum absolute atomic E-state index is 0.111. The summed E-state index contributed by atoms with van der Waals surface area (Å²) in [6.07, 6.45) is 5.02. The largest absolute Gasteiger partial charge is 0.342 e. The summed E-state index contributed by atoms with van der Waals surface area (Å²) in [5, 5.41) is 1.18. The summed E-state index contributed by atoms with van der Waals surface area (Å²) in [4.78, 5) is 44.7. The van der Waals surface area contributed by atoms with Crippen LogP contribution in [0, 0.1) is 5.41 Å². The quantitative estimate of drug-likeness (QED) is 0.905. The molecule has 2 amide bonds. The zero-order chi connectivity index (χ0) is 19.0. The molecule has 1 unspecified atom stereocenters. The van der Waals surface area contributed by atoms with Crippen molar-refractivity contribution in [3.8, 4) is 0 Å². The van der Waals surface area contributed by atoms with E-state index in [4.69, 9.17) is 0 Å². The van der Waals surface area contributed by atoms with E-state index in [-0.39, 0.29) is 17.4 Å². The van der Waals surface area contributed by atoms with Gasteiger partial charge in [0.05, 0.1) is 11.0 Å². The molecule has 0 aliphatic carbocycles. The molecule has 4 rings (SSSR count). The summed E-state index contributed by atoms with van der Waals surface area (Å²) < 4.78 is 0. The number of H-pyrrole nitrogens is 1. The van der Waals surface area contributed by atoms with Gasteiger partial charge in [0.1, 0.15) is 0 Å². The standard InChI is InChI=1S/C21H25N3O3/c1-2-10-23-11-5-8-21(20(23)27)9-12-24(14-21)19(26)17-13-22-18(25)16-7-4-3-6-15(16)17/h3-4,6-7,13H,2,5,8-12,14H2,1H3,(H,22,25). The second-order valence-corrected chi connectivity index (χ2v) is 7.73. The van der Waals surface area contributed by atoms with Gasteiger partial charge in [-0.1, -0.05) is 25.1 Å². The van der Waals surface area contributed by atoms with Gasteiger partial charge in [-0.15, -0.1) is 0 Å². The Morgan fingerprint density at radius 2 is 1.93 bits per heavy atom. The van der Waals surface area contributed by atoms with Crippen LogP contribution in [-0.2, 0) is 4.79 Å². The van der Waals surface area contributed by atoms with Crippen LogP contribution in [0.15, 0.2) is 35.3 Å². The van der Waals surface area contributed by atoms with Crippen molar-refractivity contribution in [1.29, 1.82) is 0 Å². The minimum Gasteiger partial charge on any atom is -0.342 e. The van der Waals surface area contributed by atoms with Crippen molar-refractivity contribution in [2.24, 2.45) is 5.41 Å². The molecule has 1 N–H and O–H groups in total. The molecule has 2 fully saturated rings. The van der Waals surface area contributed by atoms with Crippen LogP contribution in [0.25, 0.3) is 10.8 Å². The van der Waals surface area contributed by atoms with Gasteiger partial charge >= 0.3 is 0 Å². The summed E-state index contributed by atoms with van der Waals surface area (Å²) in [6, 6.07) is 7.15. The number of nitrogens with one attached hydrogen (secondary N) is 1. The topological polar surface area (TPSA) is 73.5 Å². The summed E-state index contributed by atoms with van der Waals surface area (Å²) in [7, 11) is 0. The smallest absolute Gasteiger partial charge is 0.256 e. The number of aromatic nitrogens is 1. The Morgan fingerprint density at radius 1 is 1.15 bits per heavy atom. The maximum Gasteiger partial charge on any atom is 0.256 e. The summed E-state index contributed by atoms with van der Waals surface area (Å²) in [5.74, 6) is 0.0944. The van der Waals surface area contributed by atoms with Gasteiger partial charge in [0.25, 0.3) is 11.5 Å². The molecule has 142 valence electrons. The third-order valence-corrected chi connectivity index (χ3v) is 6.00. The second-order valence-electron chi connectivity index (χ2n) is 7.73. The Bertz CT molecular complexity index is 949. The van der Waals surface area contributed by atoms with Crippen molar-refractivity contribution in [1.82, 2.24) is 14.8 Å². The van der Waals surface area contributed by atoms with E-state index in [2.05, 4.69) is 11.9 Å². The molecule has 0 bridgehead atoms. The maximum atomic E-state index is 13.2. The number of benzene rings is 1. The van der Waals surface area contributed by atoms with E-state index in [0.29, 0.717) is 29.4 Å². The number of amides is 2. The molecule has 6 nitrogen and oxygen atoms in total. The number of nitrogens with zero attached hydrogens (tertiary/aromatic N) is 2. The lowest BCUT2D eigenvalue weighted by Crippen LogP contribution is -2.50. The monoisotopic (exact) mass is 367 g/mol. The van der Waals surface area contributed by atoms with Crippen LogP contribution in [0.5, 0.6) is 0 Å². The van der Waals surface area contributed by atoms with Crippen molar-refractivity contribution in [3.63, 3.8) is 0 Å². The third kappa shape index (κ3) is 2.93. The van der Waals surface area contributed by atoms with E-state index in [1.165, 1.54) is 6.20 Å². The first-order chi connectivity index (χ1) is 13.1. The molecule has 0 radical (unpaired) electrons. The van der Waals surface area contributed by atoms with Gasteiger partial charge in [0.15, 0.2) is 0 Å². The highest BCUT2D eigenvalue weighted by molar-refractivity contribution is 6.06. The molecule has 1 aromatic heterocycles. The predicted octanol–water partition coefficient (Wildman–Crippen LogP) is 2.39. The Kier molecular flexibility index (Phi) is 4.50. The van der Waals surface area contributed by atoms with Gasteiger partial charge in [-0.3, -0.25) is 14.4 Å². The lowest BCUT2D eigenvalue weighted by Gasteiger charge is -2.39.